The van der Waals surface area contributed by atoms with Crippen LogP contribution in [0.4, 0.5) is 0 Å². The molecular weight excluding hydrogens is 400 g/mol. The number of thiophene rings is 1. The largest absolute Gasteiger partial charge is 0.271 e. The lowest BCUT2D eigenvalue weighted by atomic mass is 9.79. The Morgan fingerprint density at radius 3 is 2.60 bits per heavy atom. The molecule has 1 aliphatic carbocycles. The Morgan fingerprint density at radius 2 is 2.05 bits per heavy atom. The molecule has 0 bridgehead atoms. The lowest BCUT2D eigenvalue weighted by Crippen LogP contribution is -2.28. The van der Waals surface area contributed by atoms with E-state index in [0.29, 0.717) is 0 Å². The summed E-state index contributed by atoms with van der Waals surface area (Å²) in [6, 6.07) is 11.0. The molecule has 2 nitrogen and oxygen atoms in total. The molecule has 1 aromatic carbocycles. The summed E-state index contributed by atoms with van der Waals surface area (Å²) < 4.78 is 2.18. The van der Waals surface area contributed by atoms with Crippen molar-refractivity contribution < 1.29 is 0 Å². The van der Waals surface area contributed by atoms with Crippen molar-refractivity contribution in [3.8, 4) is 0 Å². The second kappa shape index (κ2) is 6.28. The van der Waals surface area contributed by atoms with E-state index in [4.69, 9.17) is 5.84 Å². The van der Waals surface area contributed by atoms with E-state index in [2.05, 4.69) is 67.6 Å². The Morgan fingerprint density at radius 1 is 1.25 bits per heavy atom. The van der Waals surface area contributed by atoms with Crippen LogP contribution in [0.5, 0.6) is 0 Å². The van der Waals surface area contributed by atoms with Crippen LogP contribution < -0.4 is 11.3 Å². The zero-order chi connectivity index (χ0) is 14.1. The number of hydrogen-bond donors (Lipinski definition) is 2. The van der Waals surface area contributed by atoms with E-state index in [9.17, 15) is 0 Å². The van der Waals surface area contributed by atoms with Crippen LogP contribution in [0.25, 0.3) is 0 Å². The summed E-state index contributed by atoms with van der Waals surface area (Å²) in [6.07, 6.45) is 4.00. The van der Waals surface area contributed by atoms with Gasteiger partial charge in [-0.1, -0.05) is 30.7 Å². The molecule has 106 valence electrons. The lowest BCUT2D eigenvalue weighted by molar-refractivity contribution is 0.419. The van der Waals surface area contributed by atoms with Gasteiger partial charge in [0, 0.05) is 9.35 Å². The quantitative estimate of drug-likeness (QED) is 0.538. The van der Waals surface area contributed by atoms with Crippen LogP contribution in [0.3, 0.4) is 0 Å². The van der Waals surface area contributed by atoms with Crippen LogP contribution in [0.15, 0.2) is 38.6 Å². The number of halogens is 2. The maximum absolute atomic E-state index is 5.79. The molecule has 1 heterocycles. The summed E-state index contributed by atoms with van der Waals surface area (Å²) >= 11 is 8.79. The first-order valence-electron chi connectivity index (χ1n) is 6.69. The van der Waals surface area contributed by atoms with Gasteiger partial charge in [-0.05, 0) is 67.8 Å². The summed E-state index contributed by atoms with van der Waals surface area (Å²) in [5.74, 6) is 6.54. The fourth-order valence-electron chi connectivity index (χ4n) is 2.58. The highest BCUT2D eigenvalue weighted by molar-refractivity contribution is 9.13. The van der Waals surface area contributed by atoms with Crippen LogP contribution in [0.2, 0.25) is 0 Å². The van der Waals surface area contributed by atoms with Crippen LogP contribution >= 0.6 is 43.2 Å². The fourth-order valence-corrected chi connectivity index (χ4v) is 4.76. The first kappa shape index (κ1) is 14.7. The van der Waals surface area contributed by atoms with Crippen molar-refractivity contribution in [2.45, 2.75) is 31.2 Å². The van der Waals surface area contributed by atoms with E-state index in [1.165, 1.54) is 35.3 Å². The van der Waals surface area contributed by atoms with Gasteiger partial charge in [-0.25, -0.2) is 5.43 Å². The van der Waals surface area contributed by atoms with Gasteiger partial charge in [0.15, 0.2) is 0 Å². The molecule has 1 unspecified atom stereocenters. The summed E-state index contributed by atoms with van der Waals surface area (Å²) in [5.41, 5.74) is 5.63. The number of benzene rings is 1. The highest BCUT2D eigenvalue weighted by Crippen LogP contribution is 2.40. The fraction of sp³-hybridized carbons (Fsp3) is 0.333. The Labute approximate surface area is 140 Å². The van der Waals surface area contributed by atoms with Crippen molar-refractivity contribution in [3.63, 3.8) is 0 Å². The molecule has 0 saturated heterocycles. The van der Waals surface area contributed by atoms with Crippen LogP contribution in [-0.4, -0.2) is 0 Å². The van der Waals surface area contributed by atoms with E-state index in [-0.39, 0.29) is 6.04 Å². The van der Waals surface area contributed by atoms with Crippen molar-refractivity contribution in [3.05, 3.63) is 54.6 Å². The van der Waals surface area contributed by atoms with Crippen molar-refractivity contribution in [1.82, 2.24) is 5.43 Å². The molecule has 1 aromatic heterocycles. The van der Waals surface area contributed by atoms with E-state index in [0.717, 1.165) is 14.2 Å². The molecular formula is C15H16Br2N2S. The minimum Gasteiger partial charge on any atom is -0.271 e. The van der Waals surface area contributed by atoms with Crippen LogP contribution in [-0.2, 0) is 0 Å². The molecule has 0 spiro atoms. The van der Waals surface area contributed by atoms with Gasteiger partial charge in [-0.15, -0.1) is 11.3 Å². The topological polar surface area (TPSA) is 38.0 Å². The molecule has 5 heteroatoms. The van der Waals surface area contributed by atoms with Crippen LogP contribution in [0.1, 0.15) is 47.2 Å². The minimum atomic E-state index is 0.0441. The third-order valence-corrected chi connectivity index (χ3v) is 7.26. The third-order valence-electron chi connectivity index (χ3n) is 3.94. The van der Waals surface area contributed by atoms with Gasteiger partial charge >= 0.3 is 0 Å². The van der Waals surface area contributed by atoms with Gasteiger partial charge in [0.2, 0.25) is 0 Å². The molecule has 1 saturated carbocycles. The summed E-state index contributed by atoms with van der Waals surface area (Å²) in [4.78, 5) is 1.21. The number of hydrogen-bond acceptors (Lipinski definition) is 3. The molecule has 1 atom stereocenters. The summed E-state index contributed by atoms with van der Waals surface area (Å²) in [6.45, 7) is 0. The summed E-state index contributed by atoms with van der Waals surface area (Å²) in [5, 5.41) is 0. The number of rotatable bonds is 4. The Bertz CT molecular complexity index is 588. The number of nitrogens with one attached hydrogen (secondary N) is 1. The van der Waals surface area contributed by atoms with Gasteiger partial charge in [0.25, 0.3) is 0 Å². The monoisotopic (exact) mass is 414 g/mol. The molecule has 20 heavy (non-hydrogen) atoms. The molecule has 3 N–H and O–H groups in total. The maximum Gasteiger partial charge on any atom is 0.0843 e. The third kappa shape index (κ3) is 2.88. The average Bonchev–Trinajstić information content (AvgIpc) is 2.69. The Hall–Kier alpha value is -0.200. The molecule has 2 aromatic rings. The van der Waals surface area contributed by atoms with E-state index >= 15 is 0 Å². The minimum absolute atomic E-state index is 0.0441. The van der Waals surface area contributed by atoms with E-state index in [1.807, 2.05) is 0 Å². The Balaban J connectivity index is 1.92. The molecule has 1 fully saturated rings. The maximum atomic E-state index is 5.79. The molecule has 0 aliphatic heterocycles. The van der Waals surface area contributed by atoms with E-state index in [1.54, 1.807) is 11.3 Å². The SMILES string of the molecule is NNC(c1cccc(C2CCC2)c1)c1cc(Br)c(Br)s1. The van der Waals surface area contributed by atoms with Gasteiger partial charge in [-0.2, -0.15) is 0 Å². The molecule has 0 amide bonds. The van der Waals surface area contributed by atoms with Crippen LogP contribution in [0, 0.1) is 0 Å². The molecule has 0 radical (unpaired) electrons. The predicted octanol–water partition coefficient (Wildman–Crippen LogP) is 5.09. The van der Waals surface area contributed by atoms with Gasteiger partial charge in [-0.3, -0.25) is 5.84 Å². The zero-order valence-corrected chi connectivity index (χ0v) is 14.9. The second-order valence-corrected chi connectivity index (χ2v) is 8.42. The predicted molar refractivity (Wildman–Crippen MR) is 91.9 cm³/mol. The normalized spacial score (nSPS) is 16.9. The second-order valence-electron chi connectivity index (χ2n) is 5.17. The van der Waals surface area contributed by atoms with E-state index < -0.39 is 0 Å². The van der Waals surface area contributed by atoms with Crippen molar-refractivity contribution in [1.29, 1.82) is 0 Å². The van der Waals surface area contributed by atoms with Crippen molar-refractivity contribution in [2.24, 2.45) is 5.84 Å². The van der Waals surface area contributed by atoms with Gasteiger partial charge in [0.05, 0.1) is 9.83 Å². The average molecular weight is 416 g/mol. The summed E-state index contributed by atoms with van der Waals surface area (Å²) in [7, 11) is 0. The first-order valence-corrected chi connectivity index (χ1v) is 9.10. The van der Waals surface area contributed by atoms with Gasteiger partial charge < -0.3 is 0 Å². The zero-order valence-electron chi connectivity index (χ0n) is 10.9. The molecule has 1 aliphatic rings. The smallest absolute Gasteiger partial charge is 0.0843 e. The van der Waals surface area contributed by atoms with Gasteiger partial charge in [0.1, 0.15) is 0 Å². The highest BCUT2D eigenvalue weighted by atomic mass is 79.9. The van der Waals surface area contributed by atoms with Crippen molar-refractivity contribution >= 4 is 43.2 Å². The number of nitrogens with two attached hydrogens (primary N) is 1. The number of hydrazine groups is 1. The lowest BCUT2D eigenvalue weighted by Gasteiger charge is -2.27. The standard InChI is InChI=1S/C15H16Br2N2S/c16-12-8-13(20-15(12)17)14(19-18)11-6-2-5-10(7-11)9-3-1-4-9/h2,5-9,14,19H,1,3-4,18H2. The van der Waals surface area contributed by atoms with Crippen molar-refractivity contribution in [2.75, 3.05) is 0 Å². The highest BCUT2D eigenvalue weighted by Gasteiger charge is 2.22. The molecule has 3 rings (SSSR count). The first-order chi connectivity index (χ1) is 9.69. The Kier molecular flexibility index (Phi) is 4.62.